The molecule has 1 unspecified atom stereocenters. The van der Waals surface area contributed by atoms with Crippen LogP contribution in [0.2, 0.25) is 0 Å². The first-order valence-electron chi connectivity index (χ1n) is 10.1. The molecule has 0 spiro atoms. The van der Waals surface area contributed by atoms with Crippen molar-refractivity contribution in [2.24, 2.45) is 0 Å². The number of aryl methyl sites for hydroxylation is 2. The van der Waals surface area contributed by atoms with Crippen molar-refractivity contribution in [1.82, 2.24) is 29.5 Å². The van der Waals surface area contributed by atoms with Crippen molar-refractivity contribution in [3.05, 3.63) is 72.4 Å². The van der Waals surface area contributed by atoms with E-state index in [1.54, 1.807) is 12.4 Å². The molecule has 5 aromatic rings. The Hall–Kier alpha value is -3.88. The van der Waals surface area contributed by atoms with Crippen LogP contribution in [-0.4, -0.2) is 29.5 Å². The van der Waals surface area contributed by atoms with Gasteiger partial charge >= 0.3 is 6.55 Å². The minimum Gasteiger partial charge on any atom is -0.361 e. The Morgan fingerprint density at radius 2 is 1.88 bits per heavy atom. The van der Waals surface area contributed by atoms with Crippen LogP contribution in [0.5, 0.6) is 0 Å². The number of aromatic nitrogens is 6. The van der Waals surface area contributed by atoms with E-state index in [1.807, 2.05) is 51.2 Å². The number of hydrogen-bond donors (Lipinski definition) is 0. The Kier molecular flexibility index (Phi) is 4.80. The average Bonchev–Trinajstić information content (AvgIpc) is 3.50. The fourth-order valence-corrected chi connectivity index (χ4v) is 4.04. The Labute approximate surface area is 182 Å². The highest BCUT2D eigenvalue weighted by molar-refractivity contribution is 5.95. The first-order valence-corrected chi connectivity index (χ1v) is 10.1. The van der Waals surface area contributed by atoms with Crippen molar-refractivity contribution in [3.63, 3.8) is 0 Å². The minimum atomic E-state index is -2.70. The Morgan fingerprint density at radius 1 is 1.03 bits per heavy atom. The summed E-state index contributed by atoms with van der Waals surface area (Å²) in [6.45, 7) is 3.08. The van der Waals surface area contributed by atoms with E-state index in [9.17, 15) is 8.78 Å². The molecule has 5 rings (SSSR count). The summed E-state index contributed by atoms with van der Waals surface area (Å²) in [6, 6.07) is 7.67. The van der Waals surface area contributed by atoms with Crippen LogP contribution in [0, 0.1) is 13.8 Å². The lowest BCUT2D eigenvalue weighted by Crippen LogP contribution is -2.07. The van der Waals surface area contributed by atoms with E-state index in [0.717, 1.165) is 33.6 Å². The molecule has 0 saturated heterocycles. The highest BCUT2D eigenvalue weighted by Crippen LogP contribution is 2.36. The number of hydrogen-bond acceptors (Lipinski definition) is 5. The summed E-state index contributed by atoms with van der Waals surface area (Å²) >= 11 is 0. The Bertz CT molecular complexity index is 1380. The maximum Gasteiger partial charge on any atom is 0.333 e. The summed E-state index contributed by atoms with van der Waals surface area (Å²) in [4.78, 5) is 9.20. The summed E-state index contributed by atoms with van der Waals surface area (Å²) in [5.74, 6) is 0.706. The normalized spacial score (nSPS) is 12.7. The van der Waals surface area contributed by atoms with Crippen LogP contribution >= 0.6 is 0 Å². The molecule has 5 heterocycles. The van der Waals surface area contributed by atoms with Crippen LogP contribution < -0.4 is 0 Å². The molecular formula is C23H20F2N6O. The molecule has 5 aromatic heterocycles. The second kappa shape index (κ2) is 7.67. The largest absolute Gasteiger partial charge is 0.361 e. The standard InChI is InChI=1S/C23H20F2N6O/c1-13-21(15(3)32-29-13)16-8-20-22(27-9-16)18(17-10-28-31(11-17)23(24)25)12-30(20)14(2)19-6-4-5-7-26-19/h4-12,14,23H,1-3H3. The third kappa shape index (κ3) is 3.26. The monoisotopic (exact) mass is 434 g/mol. The predicted octanol–water partition coefficient (Wildman–Crippen LogP) is 5.57. The average molecular weight is 434 g/mol. The van der Waals surface area contributed by atoms with Gasteiger partial charge in [-0.25, -0.2) is 4.68 Å². The van der Waals surface area contributed by atoms with Crippen molar-refractivity contribution in [2.75, 3.05) is 0 Å². The van der Waals surface area contributed by atoms with E-state index in [-0.39, 0.29) is 6.04 Å². The maximum absolute atomic E-state index is 13.1. The highest BCUT2D eigenvalue weighted by atomic mass is 19.3. The van der Waals surface area contributed by atoms with Gasteiger partial charge in [-0.2, -0.15) is 13.9 Å². The summed E-state index contributed by atoms with van der Waals surface area (Å²) in [5.41, 5.74) is 6.25. The fraction of sp³-hybridized carbons (Fsp3) is 0.217. The van der Waals surface area contributed by atoms with Crippen LogP contribution in [0.3, 0.4) is 0 Å². The van der Waals surface area contributed by atoms with Crippen LogP contribution in [0.4, 0.5) is 8.78 Å². The molecule has 0 aliphatic rings. The molecule has 32 heavy (non-hydrogen) atoms. The van der Waals surface area contributed by atoms with Gasteiger partial charge in [0.1, 0.15) is 5.76 Å². The van der Waals surface area contributed by atoms with Gasteiger partial charge in [-0.15, -0.1) is 0 Å². The van der Waals surface area contributed by atoms with Crippen LogP contribution in [0.25, 0.3) is 33.3 Å². The quantitative estimate of drug-likeness (QED) is 0.361. The first kappa shape index (κ1) is 20.0. The molecule has 0 N–H and O–H groups in total. The molecule has 7 nitrogen and oxygen atoms in total. The van der Waals surface area contributed by atoms with Gasteiger partial charge in [0.15, 0.2) is 0 Å². The number of alkyl halides is 2. The topological polar surface area (TPSA) is 74.6 Å². The third-order valence-electron chi connectivity index (χ3n) is 5.64. The van der Waals surface area contributed by atoms with E-state index in [2.05, 4.69) is 19.8 Å². The van der Waals surface area contributed by atoms with Gasteiger partial charge in [0.05, 0.1) is 34.7 Å². The molecule has 9 heteroatoms. The lowest BCUT2D eigenvalue weighted by molar-refractivity contribution is 0.0566. The van der Waals surface area contributed by atoms with Gasteiger partial charge < -0.3 is 9.09 Å². The van der Waals surface area contributed by atoms with Gasteiger partial charge in [-0.3, -0.25) is 9.97 Å². The van der Waals surface area contributed by atoms with Crippen LogP contribution in [-0.2, 0) is 0 Å². The molecular weight excluding hydrogens is 414 g/mol. The van der Waals surface area contributed by atoms with Crippen molar-refractivity contribution in [2.45, 2.75) is 33.4 Å². The van der Waals surface area contributed by atoms with Crippen molar-refractivity contribution in [1.29, 1.82) is 0 Å². The van der Waals surface area contributed by atoms with Crippen molar-refractivity contribution < 1.29 is 13.3 Å². The molecule has 0 radical (unpaired) electrons. The van der Waals surface area contributed by atoms with Gasteiger partial charge in [0.2, 0.25) is 0 Å². The molecule has 0 aliphatic heterocycles. The molecule has 162 valence electrons. The van der Waals surface area contributed by atoms with Gasteiger partial charge in [-0.05, 0) is 39.0 Å². The summed E-state index contributed by atoms with van der Waals surface area (Å²) in [6.07, 6.45) is 8.19. The van der Waals surface area contributed by atoms with E-state index in [1.165, 1.54) is 12.4 Å². The number of pyridine rings is 2. The van der Waals surface area contributed by atoms with E-state index in [0.29, 0.717) is 21.5 Å². The molecule has 1 atom stereocenters. The van der Waals surface area contributed by atoms with Gasteiger partial charge in [0, 0.05) is 47.0 Å². The third-order valence-corrected chi connectivity index (χ3v) is 5.64. The van der Waals surface area contributed by atoms with E-state index >= 15 is 0 Å². The molecule has 0 aliphatic carbocycles. The van der Waals surface area contributed by atoms with E-state index < -0.39 is 6.55 Å². The Morgan fingerprint density at radius 3 is 2.53 bits per heavy atom. The summed E-state index contributed by atoms with van der Waals surface area (Å²) in [5, 5.41) is 7.84. The molecule has 0 fully saturated rings. The number of nitrogens with zero attached hydrogens (tertiary/aromatic N) is 6. The minimum absolute atomic E-state index is 0.112. The zero-order valence-corrected chi connectivity index (χ0v) is 17.7. The lowest BCUT2D eigenvalue weighted by Gasteiger charge is -2.15. The van der Waals surface area contributed by atoms with Crippen molar-refractivity contribution >= 4 is 11.0 Å². The first-order chi connectivity index (χ1) is 15.4. The summed E-state index contributed by atoms with van der Waals surface area (Å²) < 4.78 is 34.2. The summed E-state index contributed by atoms with van der Waals surface area (Å²) in [7, 11) is 0. The van der Waals surface area contributed by atoms with Gasteiger partial charge in [0.25, 0.3) is 0 Å². The fourth-order valence-electron chi connectivity index (χ4n) is 4.04. The molecule has 0 bridgehead atoms. The highest BCUT2D eigenvalue weighted by Gasteiger charge is 2.21. The smallest absolute Gasteiger partial charge is 0.333 e. The SMILES string of the molecule is Cc1noc(C)c1-c1cnc2c(-c3cnn(C(F)F)c3)cn(C(C)c3ccccn3)c2c1. The predicted molar refractivity (Wildman–Crippen MR) is 115 cm³/mol. The number of rotatable bonds is 5. The lowest BCUT2D eigenvalue weighted by atomic mass is 10.1. The van der Waals surface area contributed by atoms with Crippen molar-refractivity contribution in [3.8, 4) is 22.3 Å². The second-order valence-corrected chi connectivity index (χ2v) is 7.66. The zero-order chi connectivity index (χ0) is 22.4. The molecule has 0 amide bonds. The van der Waals surface area contributed by atoms with E-state index in [4.69, 9.17) is 9.51 Å². The molecule has 0 saturated carbocycles. The van der Waals surface area contributed by atoms with Crippen LogP contribution in [0.15, 0.2) is 59.8 Å². The zero-order valence-electron chi connectivity index (χ0n) is 17.7. The number of fused-ring (bicyclic) bond motifs is 1. The Balaban J connectivity index is 1.73. The second-order valence-electron chi connectivity index (χ2n) is 7.66. The van der Waals surface area contributed by atoms with Crippen LogP contribution in [0.1, 0.15) is 36.7 Å². The maximum atomic E-state index is 13.1. The number of halogens is 2. The van der Waals surface area contributed by atoms with Gasteiger partial charge in [-0.1, -0.05) is 11.2 Å². The molecule has 0 aromatic carbocycles.